The summed E-state index contributed by atoms with van der Waals surface area (Å²) >= 11 is 0. The summed E-state index contributed by atoms with van der Waals surface area (Å²) in [5.74, 6) is 0.974. The largest absolute Gasteiger partial charge is 0.308 e. The number of para-hydroxylation sites is 1. The van der Waals surface area contributed by atoms with Crippen molar-refractivity contribution in [1.82, 2.24) is 9.55 Å². The molecule has 0 spiro atoms. The topological polar surface area (TPSA) is 34.9 Å². The van der Waals surface area contributed by atoms with E-state index in [1.54, 1.807) is 0 Å². The standard InChI is InChI=1S/C45H31N2OP/c1-2-42-46-38-21-12-22-41-45(38)47(42)39-28-32(25-26-40(39)49(41,48)33-15-4-3-5-16-33)44-36-19-10-8-17-34(36)43(35-18-9-11-20-37(35)44)31-24-23-29-13-6-7-14-30(29)27-31/h3-28H,2H2,1H3. The highest BCUT2D eigenvalue weighted by Crippen LogP contribution is 2.51. The first kappa shape index (κ1) is 28.3. The predicted octanol–water partition coefficient (Wildman–Crippen LogP) is 10.3. The number of nitrogens with zero attached hydrogens (tertiary/aromatic N) is 2. The second-order valence-electron chi connectivity index (χ2n) is 12.9. The lowest BCUT2D eigenvalue weighted by Crippen LogP contribution is -2.33. The molecule has 1 aromatic heterocycles. The second-order valence-corrected chi connectivity index (χ2v) is 15.6. The quantitative estimate of drug-likeness (QED) is 0.141. The molecule has 232 valence electrons. The van der Waals surface area contributed by atoms with Crippen molar-refractivity contribution < 1.29 is 4.57 Å². The van der Waals surface area contributed by atoms with E-state index in [4.69, 9.17) is 4.98 Å². The fourth-order valence-electron chi connectivity index (χ4n) is 8.17. The van der Waals surface area contributed by atoms with Crippen molar-refractivity contribution in [3.8, 4) is 27.9 Å². The van der Waals surface area contributed by atoms with Gasteiger partial charge in [0.15, 0.2) is 7.14 Å². The lowest BCUT2D eigenvalue weighted by atomic mass is 9.85. The smallest absolute Gasteiger partial charge is 0.175 e. The van der Waals surface area contributed by atoms with Gasteiger partial charge in [0, 0.05) is 22.3 Å². The average Bonchev–Trinajstić information content (AvgIpc) is 3.55. The van der Waals surface area contributed by atoms with Gasteiger partial charge in [-0.3, -0.25) is 4.57 Å². The first-order chi connectivity index (χ1) is 24.1. The summed E-state index contributed by atoms with van der Waals surface area (Å²) in [7, 11) is -3.20. The van der Waals surface area contributed by atoms with Gasteiger partial charge in [0.1, 0.15) is 5.82 Å². The van der Waals surface area contributed by atoms with Gasteiger partial charge in [-0.05, 0) is 84.9 Å². The molecule has 0 N–H and O–H groups in total. The zero-order chi connectivity index (χ0) is 32.7. The SMILES string of the molecule is CCc1nc2cccc3c2n1-c1cc(-c2c4ccccc4c(-c4ccc5ccccc5c4)c4ccccc24)ccc1P3(=O)c1ccccc1. The molecule has 0 bridgehead atoms. The molecule has 1 atom stereocenters. The molecule has 0 amide bonds. The summed E-state index contributed by atoms with van der Waals surface area (Å²) in [6.45, 7) is 2.14. The summed E-state index contributed by atoms with van der Waals surface area (Å²) in [6.07, 6.45) is 0.764. The van der Waals surface area contributed by atoms with Crippen LogP contribution in [0.15, 0.2) is 158 Å². The van der Waals surface area contributed by atoms with Gasteiger partial charge in [-0.2, -0.15) is 0 Å². The van der Waals surface area contributed by atoms with E-state index in [1.165, 1.54) is 49.0 Å². The Labute approximate surface area is 284 Å². The van der Waals surface area contributed by atoms with Crippen molar-refractivity contribution in [2.45, 2.75) is 13.3 Å². The summed E-state index contributed by atoms with van der Waals surface area (Å²) in [4.78, 5) is 5.07. The first-order valence-corrected chi connectivity index (χ1v) is 18.6. The summed E-state index contributed by atoms with van der Waals surface area (Å²) in [5, 5.41) is 9.84. The Morgan fingerprint density at radius 3 is 1.82 bits per heavy atom. The van der Waals surface area contributed by atoms with E-state index in [-0.39, 0.29) is 0 Å². The Morgan fingerprint density at radius 1 is 0.551 bits per heavy atom. The van der Waals surface area contributed by atoms with Crippen molar-refractivity contribution >= 4 is 66.4 Å². The lowest BCUT2D eigenvalue weighted by molar-refractivity contribution is 0.592. The fourth-order valence-corrected chi connectivity index (χ4v) is 11.2. The normalized spacial score (nSPS) is 15.3. The molecule has 9 aromatic rings. The van der Waals surface area contributed by atoms with E-state index in [1.807, 2.05) is 48.5 Å². The van der Waals surface area contributed by atoms with Crippen molar-refractivity contribution in [3.05, 3.63) is 164 Å². The highest BCUT2D eigenvalue weighted by molar-refractivity contribution is 7.86. The number of aromatic nitrogens is 2. The highest BCUT2D eigenvalue weighted by atomic mass is 31.2. The first-order valence-electron chi connectivity index (χ1n) is 16.9. The molecule has 10 rings (SSSR count). The number of rotatable bonds is 4. The molecule has 8 aromatic carbocycles. The van der Waals surface area contributed by atoms with Crippen LogP contribution in [-0.2, 0) is 11.0 Å². The molecule has 1 unspecified atom stereocenters. The van der Waals surface area contributed by atoms with Gasteiger partial charge in [0.2, 0.25) is 0 Å². The van der Waals surface area contributed by atoms with Crippen LogP contribution in [0, 0.1) is 0 Å². The monoisotopic (exact) mass is 646 g/mol. The minimum Gasteiger partial charge on any atom is -0.308 e. The van der Waals surface area contributed by atoms with Gasteiger partial charge < -0.3 is 4.57 Å². The Hall–Kier alpha value is -5.76. The van der Waals surface area contributed by atoms with E-state index in [2.05, 4.69) is 121 Å². The summed E-state index contributed by atoms with van der Waals surface area (Å²) in [6, 6.07) is 55.6. The van der Waals surface area contributed by atoms with Gasteiger partial charge in [0.25, 0.3) is 0 Å². The molecule has 3 nitrogen and oxygen atoms in total. The third-order valence-electron chi connectivity index (χ3n) is 10.3. The van der Waals surface area contributed by atoms with Gasteiger partial charge in [-0.25, -0.2) is 4.98 Å². The van der Waals surface area contributed by atoms with Gasteiger partial charge in [0.05, 0.1) is 16.7 Å². The maximum absolute atomic E-state index is 15.7. The van der Waals surface area contributed by atoms with E-state index >= 15 is 4.57 Å². The molecule has 0 saturated carbocycles. The van der Waals surface area contributed by atoms with Crippen LogP contribution in [0.25, 0.3) is 71.3 Å². The molecular formula is C45H31N2OP. The molecule has 0 fully saturated rings. The van der Waals surface area contributed by atoms with Crippen molar-refractivity contribution in [1.29, 1.82) is 0 Å². The number of imidazole rings is 1. The van der Waals surface area contributed by atoms with Gasteiger partial charge in [-0.15, -0.1) is 0 Å². The Balaban J connectivity index is 1.30. The molecule has 49 heavy (non-hydrogen) atoms. The lowest BCUT2D eigenvalue weighted by Gasteiger charge is -2.30. The van der Waals surface area contributed by atoms with Crippen molar-refractivity contribution in [2.24, 2.45) is 0 Å². The van der Waals surface area contributed by atoms with Crippen molar-refractivity contribution in [2.75, 3.05) is 0 Å². The molecule has 1 aliphatic rings. The van der Waals surface area contributed by atoms with Crippen LogP contribution in [-0.4, -0.2) is 9.55 Å². The summed E-state index contributed by atoms with van der Waals surface area (Å²) < 4.78 is 18.0. The number of benzene rings is 8. The molecule has 2 heterocycles. The van der Waals surface area contributed by atoms with Gasteiger partial charge >= 0.3 is 0 Å². The van der Waals surface area contributed by atoms with E-state index in [0.717, 1.165) is 50.4 Å². The van der Waals surface area contributed by atoms with Crippen LogP contribution >= 0.6 is 7.14 Å². The minimum absolute atomic E-state index is 0.764. The van der Waals surface area contributed by atoms with E-state index < -0.39 is 7.14 Å². The molecule has 0 saturated heterocycles. The molecule has 0 aliphatic carbocycles. The van der Waals surface area contributed by atoms with Crippen LogP contribution < -0.4 is 15.9 Å². The molecule has 1 aliphatic heterocycles. The maximum Gasteiger partial charge on any atom is 0.175 e. The Kier molecular flexibility index (Phi) is 6.13. The van der Waals surface area contributed by atoms with E-state index in [9.17, 15) is 0 Å². The van der Waals surface area contributed by atoms with Crippen LogP contribution in [0.5, 0.6) is 0 Å². The van der Waals surface area contributed by atoms with Crippen LogP contribution in [0.3, 0.4) is 0 Å². The predicted molar refractivity (Wildman–Crippen MR) is 207 cm³/mol. The van der Waals surface area contributed by atoms with Crippen LogP contribution in [0.1, 0.15) is 12.7 Å². The molecule has 0 radical (unpaired) electrons. The molecular weight excluding hydrogens is 615 g/mol. The molecule has 4 heteroatoms. The zero-order valence-electron chi connectivity index (χ0n) is 27.0. The second kappa shape index (κ2) is 10.6. The number of fused-ring (bicyclic) bond motifs is 5. The van der Waals surface area contributed by atoms with Gasteiger partial charge in [-0.1, -0.05) is 134 Å². The average molecular weight is 647 g/mol. The maximum atomic E-state index is 15.7. The Morgan fingerprint density at radius 2 is 1.14 bits per heavy atom. The highest BCUT2D eigenvalue weighted by Gasteiger charge is 2.40. The number of hydrogen-bond donors (Lipinski definition) is 0. The van der Waals surface area contributed by atoms with E-state index in [0.29, 0.717) is 0 Å². The zero-order valence-corrected chi connectivity index (χ0v) is 27.9. The fraction of sp³-hybridized carbons (Fsp3) is 0.0444. The minimum atomic E-state index is -3.20. The van der Waals surface area contributed by atoms with Crippen molar-refractivity contribution in [3.63, 3.8) is 0 Å². The number of aryl methyl sites for hydroxylation is 1. The number of hydrogen-bond acceptors (Lipinski definition) is 2. The van der Waals surface area contributed by atoms with Crippen LogP contribution in [0.2, 0.25) is 0 Å². The Bertz CT molecular complexity index is 2790. The van der Waals surface area contributed by atoms with Crippen LogP contribution in [0.4, 0.5) is 0 Å². The third-order valence-corrected chi connectivity index (χ3v) is 13.4. The third kappa shape index (κ3) is 3.97. The summed E-state index contributed by atoms with van der Waals surface area (Å²) in [5.41, 5.74) is 7.52.